The fourth-order valence-electron chi connectivity index (χ4n) is 2.10. The highest BCUT2D eigenvalue weighted by molar-refractivity contribution is 6.29. The van der Waals surface area contributed by atoms with Gasteiger partial charge in [0.1, 0.15) is 23.6 Å². The molecule has 0 bridgehead atoms. The number of hydrogen-bond donors (Lipinski definition) is 1. The Morgan fingerprint density at radius 2 is 1.90 bits per heavy atom. The first-order valence-electron chi connectivity index (χ1n) is 9.60. The molecular formula is C20H28ClN5O5. The zero-order valence-corrected chi connectivity index (χ0v) is 18.8. The van der Waals surface area contributed by atoms with Crippen molar-refractivity contribution in [2.45, 2.75) is 39.7 Å². The second kappa shape index (κ2) is 12.5. The predicted molar refractivity (Wildman–Crippen MR) is 118 cm³/mol. The van der Waals surface area contributed by atoms with Gasteiger partial charge < -0.3 is 20.1 Å². The molecule has 0 saturated heterocycles. The monoisotopic (exact) mass is 453 g/mol. The standard InChI is InChI=1S/C15H25N3O3.C5H3ClN2O2/c1-5-8-18(14(19)21-15(2,3)4)9-10-20-13-7-6-12(16)11-17-13;6-5-2-1-4(3-7-5)8(9)10/h6-7,11H,5,8-10,16H2,1-4H3;1-3H. The number of halogens is 1. The molecule has 0 radical (unpaired) electrons. The number of anilines is 1. The van der Waals surface area contributed by atoms with Crippen LogP contribution in [0.3, 0.4) is 0 Å². The average molecular weight is 454 g/mol. The number of ether oxygens (including phenoxy) is 2. The number of pyridine rings is 2. The maximum Gasteiger partial charge on any atom is 0.410 e. The SMILES string of the molecule is CCCN(CCOc1ccc(N)cn1)C(=O)OC(C)(C)C.O=[N+]([O-])c1ccc(Cl)nc1. The van der Waals surface area contributed by atoms with Crippen LogP contribution in [0, 0.1) is 10.1 Å². The number of nitrogens with two attached hydrogens (primary N) is 1. The fraction of sp³-hybridized carbons (Fsp3) is 0.450. The Morgan fingerprint density at radius 3 is 2.39 bits per heavy atom. The number of nitrogens with zero attached hydrogens (tertiary/aromatic N) is 4. The zero-order chi connectivity index (χ0) is 23.4. The van der Waals surface area contributed by atoms with Crippen LogP contribution in [0.15, 0.2) is 36.7 Å². The van der Waals surface area contributed by atoms with Gasteiger partial charge in [-0.1, -0.05) is 18.5 Å². The fourth-order valence-corrected chi connectivity index (χ4v) is 2.22. The highest BCUT2D eigenvalue weighted by Crippen LogP contribution is 2.12. The number of nitro groups is 1. The number of rotatable bonds is 7. The molecule has 2 aromatic rings. The number of carbonyl (C=O) groups excluding carboxylic acids is 1. The van der Waals surface area contributed by atoms with E-state index in [0.29, 0.717) is 31.3 Å². The lowest BCUT2D eigenvalue weighted by Crippen LogP contribution is -2.39. The lowest BCUT2D eigenvalue weighted by molar-refractivity contribution is -0.385. The molecule has 2 rings (SSSR count). The topological polar surface area (TPSA) is 134 Å². The molecular weight excluding hydrogens is 426 g/mol. The quantitative estimate of drug-likeness (QED) is 0.371. The van der Waals surface area contributed by atoms with Crippen molar-refractivity contribution in [1.82, 2.24) is 14.9 Å². The summed E-state index contributed by atoms with van der Waals surface area (Å²) in [5.74, 6) is 0.491. The molecule has 170 valence electrons. The molecule has 10 nitrogen and oxygen atoms in total. The molecule has 31 heavy (non-hydrogen) atoms. The predicted octanol–water partition coefficient (Wildman–Crippen LogP) is 4.33. The molecule has 11 heteroatoms. The Labute approximate surface area is 186 Å². The van der Waals surface area contributed by atoms with Gasteiger partial charge in [0.25, 0.3) is 5.69 Å². The smallest absolute Gasteiger partial charge is 0.410 e. The number of carbonyl (C=O) groups is 1. The molecule has 2 N–H and O–H groups in total. The Morgan fingerprint density at radius 1 is 1.19 bits per heavy atom. The summed E-state index contributed by atoms with van der Waals surface area (Å²) in [6, 6.07) is 6.10. The van der Waals surface area contributed by atoms with Crippen molar-refractivity contribution < 1.29 is 19.2 Å². The van der Waals surface area contributed by atoms with Crippen LogP contribution in [-0.4, -0.2) is 51.2 Å². The first-order chi connectivity index (χ1) is 14.5. The minimum atomic E-state index is -0.524. The van der Waals surface area contributed by atoms with Gasteiger partial charge in [-0.25, -0.2) is 14.8 Å². The van der Waals surface area contributed by atoms with Crippen LogP contribution >= 0.6 is 11.6 Å². The molecule has 2 aromatic heterocycles. The van der Waals surface area contributed by atoms with Crippen LogP contribution in [0.25, 0.3) is 0 Å². The van der Waals surface area contributed by atoms with Gasteiger partial charge in [-0.2, -0.15) is 0 Å². The summed E-state index contributed by atoms with van der Waals surface area (Å²) in [4.78, 5) is 30.8. The molecule has 0 unspecified atom stereocenters. The minimum Gasteiger partial charge on any atom is -0.476 e. The van der Waals surface area contributed by atoms with E-state index in [9.17, 15) is 14.9 Å². The molecule has 0 aromatic carbocycles. The van der Waals surface area contributed by atoms with E-state index in [2.05, 4.69) is 9.97 Å². The van der Waals surface area contributed by atoms with E-state index in [4.69, 9.17) is 26.8 Å². The van der Waals surface area contributed by atoms with Gasteiger partial charge in [-0.3, -0.25) is 10.1 Å². The lowest BCUT2D eigenvalue weighted by atomic mass is 10.2. The molecule has 0 saturated carbocycles. The second-order valence-corrected chi connectivity index (χ2v) is 7.73. The largest absolute Gasteiger partial charge is 0.476 e. The van der Waals surface area contributed by atoms with Crippen LogP contribution < -0.4 is 10.5 Å². The van der Waals surface area contributed by atoms with Crippen molar-refractivity contribution in [1.29, 1.82) is 0 Å². The van der Waals surface area contributed by atoms with Crippen molar-refractivity contribution in [2.75, 3.05) is 25.4 Å². The summed E-state index contributed by atoms with van der Waals surface area (Å²) < 4.78 is 10.9. The lowest BCUT2D eigenvalue weighted by Gasteiger charge is -2.27. The Bertz CT molecular complexity index is 825. The van der Waals surface area contributed by atoms with E-state index in [1.807, 2.05) is 27.7 Å². The summed E-state index contributed by atoms with van der Waals surface area (Å²) in [5, 5.41) is 10.3. The van der Waals surface area contributed by atoms with Crippen molar-refractivity contribution in [3.8, 4) is 5.88 Å². The van der Waals surface area contributed by atoms with Gasteiger partial charge in [-0.05, 0) is 39.3 Å². The summed E-state index contributed by atoms with van der Waals surface area (Å²) in [5.41, 5.74) is 5.59. The third-order valence-corrected chi connectivity index (χ3v) is 3.66. The Hall–Kier alpha value is -3.14. The van der Waals surface area contributed by atoms with Gasteiger partial charge in [0, 0.05) is 18.7 Å². The van der Waals surface area contributed by atoms with Crippen LogP contribution in [0.4, 0.5) is 16.2 Å². The average Bonchev–Trinajstić information content (AvgIpc) is 2.68. The van der Waals surface area contributed by atoms with Crippen LogP contribution in [0.2, 0.25) is 5.15 Å². The minimum absolute atomic E-state index is 0.0515. The van der Waals surface area contributed by atoms with Gasteiger partial charge in [-0.15, -0.1) is 0 Å². The summed E-state index contributed by atoms with van der Waals surface area (Å²) in [6.07, 6.45) is 3.19. The van der Waals surface area contributed by atoms with E-state index < -0.39 is 10.5 Å². The first kappa shape index (κ1) is 25.9. The van der Waals surface area contributed by atoms with Gasteiger partial charge in [0.15, 0.2) is 0 Å². The van der Waals surface area contributed by atoms with Crippen LogP contribution in [0.5, 0.6) is 5.88 Å². The molecule has 0 atom stereocenters. The molecule has 0 aliphatic rings. The Kier molecular flexibility index (Phi) is 10.5. The van der Waals surface area contributed by atoms with Crippen molar-refractivity contribution >= 4 is 29.1 Å². The third-order valence-electron chi connectivity index (χ3n) is 3.44. The first-order valence-corrected chi connectivity index (χ1v) is 9.98. The molecule has 0 aliphatic heterocycles. The molecule has 0 aliphatic carbocycles. The third kappa shape index (κ3) is 11.0. The van der Waals surface area contributed by atoms with Gasteiger partial charge >= 0.3 is 6.09 Å². The van der Waals surface area contributed by atoms with Gasteiger partial charge in [0.05, 0.1) is 23.4 Å². The highest BCUT2D eigenvalue weighted by atomic mass is 35.5. The number of nitrogen functional groups attached to an aromatic ring is 1. The molecule has 1 amide bonds. The number of amides is 1. The van der Waals surface area contributed by atoms with E-state index in [0.717, 1.165) is 12.6 Å². The summed E-state index contributed by atoms with van der Waals surface area (Å²) in [6.45, 7) is 9.01. The van der Waals surface area contributed by atoms with E-state index in [1.165, 1.54) is 18.3 Å². The van der Waals surface area contributed by atoms with E-state index >= 15 is 0 Å². The van der Waals surface area contributed by atoms with Crippen LogP contribution in [0.1, 0.15) is 34.1 Å². The summed E-state index contributed by atoms with van der Waals surface area (Å²) >= 11 is 5.38. The maximum absolute atomic E-state index is 12.1. The number of hydrogen-bond acceptors (Lipinski definition) is 8. The van der Waals surface area contributed by atoms with E-state index in [-0.39, 0.29) is 16.9 Å². The molecule has 2 heterocycles. The van der Waals surface area contributed by atoms with Crippen LogP contribution in [-0.2, 0) is 4.74 Å². The summed E-state index contributed by atoms with van der Waals surface area (Å²) in [7, 11) is 0. The van der Waals surface area contributed by atoms with Crippen molar-refractivity contribution in [2.24, 2.45) is 0 Å². The Balaban J connectivity index is 0.000000399. The normalized spacial score (nSPS) is 10.5. The zero-order valence-electron chi connectivity index (χ0n) is 18.1. The molecule has 0 spiro atoms. The van der Waals surface area contributed by atoms with Crippen molar-refractivity contribution in [3.05, 3.63) is 51.9 Å². The van der Waals surface area contributed by atoms with E-state index in [1.54, 1.807) is 17.0 Å². The second-order valence-electron chi connectivity index (χ2n) is 7.34. The maximum atomic E-state index is 12.1. The number of aromatic nitrogens is 2. The van der Waals surface area contributed by atoms with Crippen molar-refractivity contribution in [3.63, 3.8) is 0 Å². The highest BCUT2D eigenvalue weighted by Gasteiger charge is 2.21. The van der Waals surface area contributed by atoms with Gasteiger partial charge in [0.2, 0.25) is 5.88 Å². The molecule has 0 fully saturated rings.